The Hall–Kier alpha value is -2.23. The fourth-order valence-corrected chi connectivity index (χ4v) is 4.04. The van der Waals surface area contributed by atoms with Crippen molar-refractivity contribution in [3.05, 3.63) is 71.3 Å². The lowest BCUT2D eigenvalue weighted by Gasteiger charge is -2.32. The van der Waals surface area contributed by atoms with Gasteiger partial charge in [0.25, 0.3) is 0 Å². The van der Waals surface area contributed by atoms with E-state index in [-0.39, 0.29) is 11.9 Å². The first-order valence-corrected chi connectivity index (χ1v) is 9.38. The third-order valence-electron chi connectivity index (χ3n) is 5.36. The highest BCUT2D eigenvalue weighted by molar-refractivity contribution is 5.77. The van der Waals surface area contributed by atoms with E-state index in [2.05, 4.69) is 19.1 Å². The summed E-state index contributed by atoms with van der Waals surface area (Å²) in [5, 5.41) is 0. The minimum atomic E-state index is -0.857. The summed E-state index contributed by atoms with van der Waals surface area (Å²) >= 11 is 0. The summed E-state index contributed by atoms with van der Waals surface area (Å²) in [4.78, 5) is 14.8. The number of hydrogen-bond acceptors (Lipinski definition) is 1. The Kier molecular flexibility index (Phi) is 6.02. The van der Waals surface area contributed by atoms with Gasteiger partial charge in [-0.15, -0.1) is 0 Å². The van der Waals surface area contributed by atoms with Crippen LogP contribution >= 0.6 is 0 Å². The standard InChI is InChI=1S/C22H25F2NO/c1-2-18(17-7-4-3-5-8-17)21-9-6-14-25(21)22(26)13-11-16-10-12-19(23)20(24)15-16/h3-5,7-8,10,12,15,18,21H,2,6,9,11,13-14H2,1H3/t18-,21+/m1/s1. The Morgan fingerprint density at radius 2 is 1.92 bits per heavy atom. The predicted molar refractivity (Wildman–Crippen MR) is 98.9 cm³/mol. The molecule has 26 heavy (non-hydrogen) atoms. The quantitative estimate of drug-likeness (QED) is 0.706. The van der Waals surface area contributed by atoms with Gasteiger partial charge in [-0.05, 0) is 48.9 Å². The zero-order chi connectivity index (χ0) is 18.5. The van der Waals surface area contributed by atoms with Gasteiger partial charge in [0.05, 0.1) is 0 Å². The Balaban J connectivity index is 1.66. The molecule has 1 fully saturated rings. The van der Waals surface area contributed by atoms with Gasteiger partial charge in [-0.2, -0.15) is 0 Å². The second-order valence-corrected chi connectivity index (χ2v) is 6.97. The van der Waals surface area contributed by atoms with E-state index in [1.165, 1.54) is 11.6 Å². The number of likely N-dealkylation sites (tertiary alicyclic amines) is 1. The second kappa shape index (κ2) is 8.43. The lowest BCUT2D eigenvalue weighted by Crippen LogP contribution is -2.39. The molecule has 1 aliphatic heterocycles. The van der Waals surface area contributed by atoms with Gasteiger partial charge in [-0.3, -0.25) is 4.79 Å². The van der Waals surface area contributed by atoms with Crippen molar-refractivity contribution in [3.8, 4) is 0 Å². The van der Waals surface area contributed by atoms with Crippen LogP contribution in [0.15, 0.2) is 48.5 Å². The van der Waals surface area contributed by atoms with Crippen molar-refractivity contribution in [1.29, 1.82) is 0 Å². The van der Waals surface area contributed by atoms with Gasteiger partial charge >= 0.3 is 0 Å². The largest absolute Gasteiger partial charge is 0.339 e. The molecule has 1 amide bonds. The van der Waals surface area contributed by atoms with E-state index in [0.29, 0.717) is 24.3 Å². The first-order chi connectivity index (χ1) is 12.6. The molecule has 0 spiro atoms. The molecule has 0 saturated carbocycles. The molecule has 2 atom stereocenters. The van der Waals surface area contributed by atoms with Crippen LogP contribution in [0.4, 0.5) is 8.78 Å². The van der Waals surface area contributed by atoms with Crippen molar-refractivity contribution in [3.63, 3.8) is 0 Å². The number of halogens is 2. The number of benzene rings is 2. The Morgan fingerprint density at radius 3 is 2.62 bits per heavy atom. The molecule has 0 aromatic heterocycles. The minimum absolute atomic E-state index is 0.103. The Bertz CT molecular complexity index is 747. The third kappa shape index (κ3) is 4.12. The first-order valence-electron chi connectivity index (χ1n) is 9.38. The van der Waals surface area contributed by atoms with Crippen LogP contribution in [0.2, 0.25) is 0 Å². The highest BCUT2D eigenvalue weighted by atomic mass is 19.2. The number of aryl methyl sites for hydroxylation is 1. The molecular weight excluding hydrogens is 332 g/mol. The summed E-state index contributed by atoms with van der Waals surface area (Å²) in [6, 6.07) is 14.4. The van der Waals surface area contributed by atoms with Gasteiger partial charge in [0.15, 0.2) is 11.6 Å². The summed E-state index contributed by atoms with van der Waals surface area (Å²) in [6.07, 6.45) is 3.78. The van der Waals surface area contributed by atoms with Crippen LogP contribution in [0, 0.1) is 11.6 Å². The van der Waals surface area contributed by atoms with Crippen LogP contribution in [0.5, 0.6) is 0 Å². The zero-order valence-corrected chi connectivity index (χ0v) is 15.1. The highest BCUT2D eigenvalue weighted by Gasteiger charge is 2.34. The monoisotopic (exact) mass is 357 g/mol. The molecule has 0 bridgehead atoms. The minimum Gasteiger partial charge on any atom is -0.339 e. The number of rotatable bonds is 6. The highest BCUT2D eigenvalue weighted by Crippen LogP contribution is 2.34. The van der Waals surface area contributed by atoms with Crippen LogP contribution in [0.25, 0.3) is 0 Å². The van der Waals surface area contributed by atoms with Crippen molar-refractivity contribution in [2.24, 2.45) is 0 Å². The lowest BCUT2D eigenvalue weighted by molar-refractivity contribution is -0.132. The van der Waals surface area contributed by atoms with Gasteiger partial charge in [-0.25, -0.2) is 8.78 Å². The lowest BCUT2D eigenvalue weighted by atomic mass is 9.87. The third-order valence-corrected chi connectivity index (χ3v) is 5.36. The second-order valence-electron chi connectivity index (χ2n) is 6.97. The Labute approximate surface area is 153 Å². The van der Waals surface area contributed by atoms with Gasteiger partial charge in [0.2, 0.25) is 5.91 Å². The van der Waals surface area contributed by atoms with E-state index in [4.69, 9.17) is 0 Å². The summed E-state index contributed by atoms with van der Waals surface area (Å²) in [5.74, 6) is -1.27. The van der Waals surface area contributed by atoms with E-state index in [1.807, 2.05) is 23.1 Å². The molecule has 2 aromatic rings. The topological polar surface area (TPSA) is 20.3 Å². The number of nitrogens with zero attached hydrogens (tertiary/aromatic N) is 1. The van der Waals surface area contributed by atoms with E-state index < -0.39 is 11.6 Å². The van der Waals surface area contributed by atoms with Crippen molar-refractivity contribution in [2.75, 3.05) is 6.54 Å². The summed E-state index contributed by atoms with van der Waals surface area (Å²) < 4.78 is 26.4. The van der Waals surface area contributed by atoms with Crippen LogP contribution in [0.3, 0.4) is 0 Å². The fourth-order valence-electron chi connectivity index (χ4n) is 4.04. The van der Waals surface area contributed by atoms with Gasteiger partial charge in [0.1, 0.15) is 0 Å². The van der Waals surface area contributed by atoms with Gasteiger partial charge < -0.3 is 4.90 Å². The van der Waals surface area contributed by atoms with E-state index in [0.717, 1.165) is 31.9 Å². The summed E-state index contributed by atoms with van der Waals surface area (Å²) in [5.41, 5.74) is 1.93. The average molecular weight is 357 g/mol. The molecule has 2 nitrogen and oxygen atoms in total. The van der Waals surface area contributed by atoms with E-state index >= 15 is 0 Å². The maximum Gasteiger partial charge on any atom is 0.223 e. The van der Waals surface area contributed by atoms with Crippen molar-refractivity contribution < 1.29 is 13.6 Å². The maximum atomic E-state index is 13.3. The molecule has 0 aliphatic carbocycles. The molecule has 1 heterocycles. The zero-order valence-electron chi connectivity index (χ0n) is 15.1. The first kappa shape index (κ1) is 18.6. The van der Waals surface area contributed by atoms with E-state index in [1.54, 1.807) is 6.07 Å². The molecule has 1 saturated heterocycles. The van der Waals surface area contributed by atoms with Crippen molar-refractivity contribution in [1.82, 2.24) is 4.90 Å². The van der Waals surface area contributed by atoms with Crippen LogP contribution in [-0.2, 0) is 11.2 Å². The number of carbonyl (C=O) groups is 1. The van der Waals surface area contributed by atoms with Gasteiger partial charge in [-0.1, -0.05) is 43.3 Å². The molecular formula is C22H25F2NO. The SMILES string of the molecule is CC[C@H](c1ccccc1)[C@@H]1CCCN1C(=O)CCc1ccc(F)c(F)c1. The molecule has 2 aromatic carbocycles. The molecule has 3 rings (SSSR count). The summed E-state index contributed by atoms with van der Waals surface area (Å²) in [7, 11) is 0. The van der Waals surface area contributed by atoms with Crippen molar-refractivity contribution in [2.45, 2.75) is 51.0 Å². The van der Waals surface area contributed by atoms with Crippen LogP contribution in [0.1, 0.15) is 49.7 Å². The molecule has 4 heteroatoms. The van der Waals surface area contributed by atoms with Crippen LogP contribution in [-0.4, -0.2) is 23.4 Å². The molecule has 0 radical (unpaired) electrons. The summed E-state index contributed by atoms with van der Waals surface area (Å²) in [6.45, 7) is 2.95. The fraction of sp³-hybridized carbons (Fsp3) is 0.409. The molecule has 1 aliphatic rings. The van der Waals surface area contributed by atoms with Crippen LogP contribution < -0.4 is 0 Å². The Morgan fingerprint density at radius 1 is 1.15 bits per heavy atom. The van der Waals surface area contributed by atoms with Crippen molar-refractivity contribution >= 4 is 5.91 Å². The molecule has 0 unspecified atom stereocenters. The molecule has 138 valence electrons. The number of amides is 1. The normalized spacial score (nSPS) is 18.1. The number of hydrogen-bond donors (Lipinski definition) is 0. The maximum absolute atomic E-state index is 13.3. The number of carbonyl (C=O) groups excluding carboxylic acids is 1. The van der Waals surface area contributed by atoms with Gasteiger partial charge in [0, 0.05) is 24.9 Å². The predicted octanol–water partition coefficient (Wildman–Crippen LogP) is 5.08. The average Bonchev–Trinajstić information content (AvgIpc) is 3.13. The smallest absolute Gasteiger partial charge is 0.223 e. The van der Waals surface area contributed by atoms with E-state index in [9.17, 15) is 13.6 Å². The molecule has 0 N–H and O–H groups in total.